The maximum Gasteiger partial charge on any atom is 0.258 e. The molecule has 4 nitrogen and oxygen atoms in total. The second-order valence-electron chi connectivity index (χ2n) is 4.69. The molecule has 0 aliphatic carbocycles. The van der Waals surface area contributed by atoms with Crippen LogP contribution in [0.25, 0.3) is 0 Å². The van der Waals surface area contributed by atoms with Crippen molar-refractivity contribution in [3.05, 3.63) is 23.8 Å². The molecule has 0 aromatic heterocycles. The van der Waals surface area contributed by atoms with Crippen LogP contribution in [0.2, 0.25) is 0 Å². The van der Waals surface area contributed by atoms with Crippen LogP contribution in [0.4, 0.5) is 8.78 Å². The highest BCUT2D eigenvalue weighted by atomic mass is 19.3. The van der Waals surface area contributed by atoms with E-state index in [1.165, 1.54) is 6.07 Å². The molecule has 6 heteroatoms. The third-order valence-corrected chi connectivity index (χ3v) is 3.43. The van der Waals surface area contributed by atoms with Crippen LogP contribution in [0.3, 0.4) is 0 Å². The quantitative estimate of drug-likeness (QED) is 0.869. The number of hydrogen-bond acceptors (Lipinski definition) is 4. The molecule has 0 bridgehead atoms. The van der Waals surface area contributed by atoms with Gasteiger partial charge >= 0.3 is 0 Å². The van der Waals surface area contributed by atoms with E-state index in [4.69, 9.17) is 4.74 Å². The van der Waals surface area contributed by atoms with Gasteiger partial charge in [-0.05, 0) is 13.0 Å². The van der Waals surface area contributed by atoms with Crippen LogP contribution in [0.1, 0.15) is 18.5 Å². The minimum atomic E-state index is -2.56. The van der Waals surface area contributed by atoms with Crippen molar-refractivity contribution in [2.24, 2.45) is 0 Å². The predicted molar refractivity (Wildman–Crippen MR) is 72.5 cm³/mol. The van der Waals surface area contributed by atoms with Gasteiger partial charge in [-0.15, -0.1) is 0 Å². The van der Waals surface area contributed by atoms with E-state index in [2.05, 4.69) is 5.32 Å². The van der Waals surface area contributed by atoms with Crippen LogP contribution in [0.5, 0.6) is 11.5 Å². The largest absolute Gasteiger partial charge is 0.504 e. The number of phenols is 1. The van der Waals surface area contributed by atoms with Gasteiger partial charge in [0.15, 0.2) is 11.5 Å². The number of piperazine rings is 1. The predicted octanol–water partition coefficient (Wildman–Crippen LogP) is 2.00. The molecule has 1 aromatic carbocycles. The first-order valence-electron chi connectivity index (χ1n) is 6.82. The van der Waals surface area contributed by atoms with Gasteiger partial charge in [0, 0.05) is 31.7 Å². The van der Waals surface area contributed by atoms with Crippen molar-refractivity contribution in [1.82, 2.24) is 10.2 Å². The van der Waals surface area contributed by atoms with E-state index in [0.717, 1.165) is 0 Å². The Morgan fingerprint density at radius 1 is 1.35 bits per heavy atom. The van der Waals surface area contributed by atoms with Gasteiger partial charge in [0.1, 0.15) is 6.04 Å². The van der Waals surface area contributed by atoms with E-state index in [1.807, 2.05) is 0 Å². The average Bonchev–Trinajstić information content (AvgIpc) is 2.44. The number of benzene rings is 1. The molecule has 20 heavy (non-hydrogen) atoms. The zero-order chi connectivity index (χ0) is 14.5. The Labute approximate surface area is 117 Å². The van der Waals surface area contributed by atoms with E-state index >= 15 is 0 Å². The van der Waals surface area contributed by atoms with Crippen LogP contribution < -0.4 is 10.1 Å². The zero-order valence-corrected chi connectivity index (χ0v) is 11.5. The number of ether oxygens (including phenoxy) is 1. The molecule has 0 amide bonds. The molecule has 112 valence electrons. The molecule has 1 saturated heterocycles. The molecule has 1 aliphatic heterocycles. The molecule has 0 saturated carbocycles. The number of alkyl halides is 2. The van der Waals surface area contributed by atoms with Crippen molar-refractivity contribution in [2.75, 3.05) is 32.8 Å². The summed E-state index contributed by atoms with van der Waals surface area (Å²) in [6.45, 7) is 4.59. The molecule has 1 aliphatic rings. The maximum atomic E-state index is 13.5. The maximum absolute atomic E-state index is 13.5. The standard InChI is InChI=1S/C14H20F2N2O2/c1-2-20-11-5-3-4-10(13(11)19)12(14(15)16)18-8-6-17-7-9-18/h3-5,12,14,17,19H,2,6-9H2,1H3/t12-/m0/s1. The van der Waals surface area contributed by atoms with Gasteiger partial charge in [0.05, 0.1) is 6.61 Å². The molecule has 2 rings (SSSR count). The summed E-state index contributed by atoms with van der Waals surface area (Å²) in [5.74, 6) is 0.0731. The summed E-state index contributed by atoms with van der Waals surface area (Å²) in [5.41, 5.74) is 0.229. The van der Waals surface area contributed by atoms with Gasteiger partial charge in [0.2, 0.25) is 0 Å². The molecule has 0 spiro atoms. The topological polar surface area (TPSA) is 44.7 Å². The molecular weight excluding hydrogens is 266 g/mol. The number of nitrogens with one attached hydrogen (secondary N) is 1. The molecule has 0 unspecified atom stereocenters. The highest BCUT2D eigenvalue weighted by Gasteiger charge is 2.32. The molecule has 1 heterocycles. The van der Waals surface area contributed by atoms with Crippen molar-refractivity contribution in [3.8, 4) is 11.5 Å². The lowest BCUT2D eigenvalue weighted by atomic mass is 10.0. The van der Waals surface area contributed by atoms with Gasteiger partial charge in [-0.1, -0.05) is 12.1 Å². The zero-order valence-electron chi connectivity index (χ0n) is 11.5. The van der Waals surface area contributed by atoms with Crippen LogP contribution >= 0.6 is 0 Å². The number of rotatable bonds is 5. The molecular formula is C14H20F2N2O2. The fourth-order valence-electron chi connectivity index (χ4n) is 2.50. The van der Waals surface area contributed by atoms with Gasteiger partial charge in [-0.2, -0.15) is 0 Å². The number of phenolic OH excluding ortho intramolecular Hbond substituents is 1. The number of nitrogens with zero attached hydrogens (tertiary/aromatic N) is 1. The van der Waals surface area contributed by atoms with Crippen molar-refractivity contribution in [3.63, 3.8) is 0 Å². The van der Waals surface area contributed by atoms with Gasteiger partial charge in [-0.25, -0.2) is 8.78 Å². The lowest BCUT2D eigenvalue weighted by Crippen LogP contribution is -2.46. The van der Waals surface area contributed by atoms with E-state index in [0.29, 0.717) is 32.8 Å². The van der Waals surface area contributed by atoms with Crippen molar-refractivity contribution in [2.45, 2.75) is 19.4 Å². The summed E-state index contributed by atoms with van der Waals surface area (Å²) in [6, 6.07) is 3.66. The minimum Gasteiger partial charge on any atom is -0.504 e. The van der Waals surface area contributed by atoms with Gasteiger partial charge in [0.25, 0.3) is 6.43 Å². The summed E-state index contributed by atoms with van der Waals surface area (Å²) < 4.78 is 32.2. The third-order valence-electron chi connectivity index (χ3n) is 3.43. The average molecular weight is 286 g/mol. The Morgan fingerprint density at radius 3 is 2.65 bits per heavy atom. The smallest absolute Gasteiger partial charge is 0.258 e. The Kier molecular flexibility index (Phi) is 5.14. The van der Waals surface area contributed by atoms with Gasteiger partial charge in [-0.3, -0.25) is 4.90 Å². The molecule has 0 radical (unpaired) electrons. The summed E-state index contributed by atoms with van der Waals surface area (Å²) >= 11 is 0. The number of para-hydroxylation sites is 1. The number of aromatic hydroxyl groups is 1. The lowest BCUT2D eigenvalue weighted by molar-refractivity contribution is 0.0168. The monoisotopic (exact) mass is 286 g/mol. The van der Waals surface area contributed by atoms with E-state index in [1.54, 1.807) is 24.0 Å². The first-order valence-corrected chi connectivity index (χ1v) is 6.82. The fraction of sp³-hybridized carbons (Fsp3) is 0.571. The SMILES string of the molecule is CCOc1cccc([C@@H](C(F)F)N2CCNCC2)c1O. The molecule has 1 fully saturated rings. The summed E-state index contributed by atoms with van der Waals surface area (Å²) in [7, 11) is 0. The Morgan fingerprint density at radius 2 is 2.05 bits per heavy atom. The second-order valence-corrected chi connectivity index (χ2v) is 4.69. The fourth-order valence-corrected chi connectivity index (χ4v) is 2.50. The van der Waals surface area contributed by atoms with Crippen molar-refractivity contribution >= 4 is 0 Å². The number of hydrogen-bond donors (Lipinski definition) is 2. The van der Waals surface area contributed by atoms with E-state index in [9.17, 15) is 13.9 Å². The van der Waals surface area contributed by atoms with Crippen LogP contribution in [0.15, 0.2) is 18.2 Å². The molecule has 1 aromatic rings. The highest BCUT2D eigenvalue weighted by Crippen LogP contribution is 2.38. The van der Waals surface area contributed by atoms with Crippen molar-refractivity contribution < 1.29 is 18.6 Å². The van der Waals surface area contributed by atoms with Crippen LogP contribution in [0, 0.1) is 0 Å². The third kappa shape index (κ3) is 3.19. The summed E-state index contributed by atoms with van der Waals surface area (Å²) in [5, 5.41) is 13.3. The minimum absolute atomic E-state index is 0.182. The van der Waals surface area contributed by atoms with Gasteiger partial charge < -0.3 is 15.2 Å². The second kappa shape index (κ2) is 6.85. The molecule has 2 N–H and O–H groups in total. The molecule has 1 atom stereocenters. The normalized spacial score (nSPS) is 18.2. The van der Waals surface area contributed by atoms with Crippen LogP contribution in [-0.4, -0.2) is 49.2 Å². The van der Waals surface area contributed by atoms with Crippen LogP contribution in [-0.2, 0) is 0 Å². The highest BCUT2D eigenvalue weighted by molar-refractivity contribution is 5.47. The van der Waals surface area contributed by atoms with E-state index < -0.39 is 12.5 Å². The Bertz CT molecular complexity index is 437. The lowest BCUT2D eigenvalue weighted by Gasteiger charge is -2.35. The number of halogens is 2. The summed E-state index contributed by atoms with van der Waals surface area (Å²) in [4.78, 5) is 1.70. The van der Waals surface area contributed by atoms with E-state index in [-0.39, 0.29) is 17.1 Å². The summed E-state index contributed by atoms with van der Waals surface area (Å²) in [6.07, 6.45) is -2.56. The Balaban J connectivity index is 2.31. The van der Waals surface area contributed by atoms with Crippen molar-refractivity contribution in [1.29, 1.82) is 0 Å². The Hall–Kier alpha value is -1.40. The first-order chi connectivity index (χ1) is 9.65. The first kappa shape index (κ1) is 15.0.